The van der Waals surface area contributed by atoms with Crippen LogP contribution in [0.5, 0.6) is 11.5 Å². The van der Waals surface area contributed by atoms with Crippen molar-refractivity contribution in [1.82, 2.24) is 4.57 Å². The molecule has 0 aliphatic heterocycles. The minimum absolute atomic E-state index is 0.0765. The van der Waals surface area contributed by atoms with Gasteiger partial charge >= 0.3 is 0 Å². The lowest BCUT2D eigenvalue weighted by Gasteiger charge is -2.22. The highest BCUT2D eigenvalue weighted by atomic mass is 16.5. The zero-order valence-electron chi connectivity index (χ0n) is 19.3. The average Bonchev–Trinajstić information content (AvgIpc) is 3.35. The Kier molecular flexibility index (Phi) is 6.82. The Morgan fingerprint density at radius 3 is 2.41 bits per heavy atom. The predicted octanol–water partition coefficient (Wildman–Crippen LogP) is 5.89. The number of hydrogen-bond acceptors (Lipinski definition) is 4. The molecular weight excluding hydrogens is 424 g/mol. The first-order valence-corrected chi connectivity index (χ1v) is 10.9. The maximum absolute atomic E-state index is 10.2. The van der Waals surface area contributed by atoms with Crippen molar-refractivity contribution in [2.45, 2.75) is 13.2 Å². The van der Waals surface area contributed by atoms with Crippen LogP contribution in [-0.4, -0.2) is 23.9 Å². The molecule has 4 rings (SSSR count). The smallest absolute Gasteiger partial charge is 0.136 e. The van der Waals surface area contributed by atoms with Gasteiger partial charge in [-0.15, -0.1) is 0 Å². The summed E-state index contributed by atoms with van der Waals surface area (Å²) in [6, 6.07) is 23.8. The third-order valence-corrected chi connectivity index (χ3v) is 5.96. The number of aliphatic hydroxyl groups excluding tert-OH is 1. The minimum atomic E-state index is -0.0765. The maximum Gasteiger partial charge on any atom is 0.136 e. The molecule has 3 aromatic carbocycles. The number of nitriles is 1. The van der Waals surface area contributed by atoms with E-state index in [1.165, 1.54) is 0 Å². The van der Waals surface area contributed by atoms with Gasteiger partial charge in [0.1, 0.15) is 17.6 Å². The highest BCUT2D eigenvalue weighted by Gasteiger charge is 2.23. The SMILES string of the molecule is C=Cc1cc(OC)c(Cn2cccc2CO)c(OC)c1-c1cccc(-c2ccccc2)c1C#N. The van der Waals surface area contributed by atoms with Crippen LogP contribution in [0.3, 0.4) is 0 Å². The van der Waals surface area contributed by atoms with Crippen molar-refractivity contribution in [2.75, 3.05) is 14.2 Å². The van der Waals surface area contributed by atoms with E-state index in [0.717, 1.165) is 39.1 Å². The maximum atomic E-state index is 10.2. The summed E-state index contributed by atoms with van der Waals surface area (Å²) in [6.45, 7) is 4.36. The summed E-state index contributed by atoms with van der Waals surface area (Å²) in [5, 5.41) is 19.9. The zero-order chi connectivity index (χ0) is 24.1. The Labute approximate surface area is 199 Å². The van der Waals surface area contributed by atoms with Gasteiger partial charge in [0.15, 0.2) is 0 Å². The Balaban J connectivity index is 2.01. The largest absolute Gasteiger partial charge is 0.496 e. The van der Waals surface area contributed by atoms with Gasteiger partial charge in [0.25, 0.3) is 0 Å². The van der Waals surface area contributed by atoms with Crippen molar-refractivity contribution in [2.24, 2.45) is 0 Å². The molecule has 0 bridgehead atoms. The lowest BCUT2D eigenvalue weighted by Crippen LogP contribution is -2.08. The highest BCUT2D eigenvalue weighted by Crippen LogP contribution is 2.45. The molecule has 0 radical (unpaired) electrons. The molecule has 0 spiro atoms. The Bertz CT molecular complexity index is 1360. The van der Waals surface area contributed by atoms with E-state index in [9.17, 15) is 10.4 Å². The number of methoxy groups -OCH3 is 2. The molecule has 1 N–H and O–H groups in total. The second-order valence-corrected chi connectivity index (χ2v) is 7.75. The molecule has 34 heavy (non-hydrogen) atoms. The van der Waals surface area contributed by atoms with Crippen LogP contribution in [0.25, 0.3) is 28.3 Å². The molecule has 0 saturated carbocycles. The number of ether oxygens (including phenoxy) is 2. The van der Waals surface area contributed by atoms with Crippen LogP contribution in [0, 0.1) is 11.3 Å². The van der Waals surface area contributed by atoms with Gasteiger partial charge in [0, 0.05) is 28.6 Å². The summed E-state index contributed by atoms with van der Waals surface area (Å²) in [5.41, 5.74) is 6.30. The fourth-order valence-corrected chi connectivity index (χ4v) is 4.35. The molecule has 0 atom stereocenters. The van der Waals surface area contributed by atoms with E-state index in [2.05, 4.69) is 12.6 Å². The fraction of sp³-hybridized carbons (Fsp3) is 0.138. The van der Waals surface area contributed by atoms with Crippen LogP contribution in [0.15, 0.2) is 79.5 Å². The van der Waals surface area contributed by atoms with Gasteiger partial charge in [-0.2, -0.15) is 5.26 Å². The third kappa shape index (κ3) is 4.07. The molecule has 0 fully saturated rings. The Morgan fingerprint density at radius 2 is 1.76 bits per heavy atom. The topological polar surface area (TPSA) is 67.4 Å². The highest BCUT2D eigenvalue weighted by molar-refractivity contribution is 5.90. The van der Waals surface area contributed by atoms with E-state index in [-0.39, 0.29) is 6.61 Å². The first-order chi connectivity index (χ1) is 16.7. The van der Waals surface area contributed by atoms with Gasteiger partial charge in [-0.25, -0.2) is 0 Å². The summed E-state index contributed by atoms with van der Waals surface area (Å²) in [6.07, 6.45) is 3.65. The molecular formula is C29H26N2O3. The van der Waals surface area contributed by atoms with Crippen molar-refractivity contribution in [1.29, 1.82) is 5.26 Å². The number of benzene rings is 3. The first-order valence-electron chi connectivity index (χ1n) is 10.9. The lowest BCUT2D eigenvalue weighted by molar-refractivity contribution is 0.271. The standard InChI is InChI=1S/C29H26N2O3/c1-4-20-16-27(33-2)26(18-31-15-9-12-22(31)19-32)29(34-3)28(20)24-14-8-13-23(25(24)17-30)21-10-6-5-7-11-21/h4-16,32H,1,18-19H2,2-3H3. The Hall–Kier alpha value is -4.27. The second-order valence-electron chi connectivity index (χ2n) is 7.75. The average molecular weight is 451 g/mol. The minimum Gasteiger partial charge on any atom is -0.496 e. The quantitative estimate of drug-likeness (QED) is 0.363. The fourth-order valence-electron chi connectivity index (χ4n) is 4.35. The number of aromatic nitrogens is 1. The van der Waals surface area contributed by atoms with Crippen LogP contribution in [0.2, 0.25) is 0 Å². The lowest BCUT2D eigenvalue weighted by atomic mass is 9.88. The van der Waals surface area contributed by atoms with Crippen LogP contribution in [0.4, 0.5) is 0 Å². The molecule has 0 amide bonds. The van der Waals surface area contributed by atoms with Crippen molar-refractivity contribution in [3.63, 3.8) is 0 Å². The van der Waals surface area contributed by atoms with E-state index in [4.69, 9.17) is 9.47 Å². The van der Waals surface area contributed by atoms with Crippen LogP contribution < -0.4 is 9.47 Å². The molecule has 5 heteroatoms. The number of hydrogen-bond donors (Lipinski definition) is 1. The molecule has 1 heterocycles. The zero-order valence-corrected chi connectivity index (χ0v) is 19.3. The molecule has 4 aromatic rings. The molecule has 0 saturated heterocycles. The van der Waals surface area contributed by atoms with Crippen LogP contribution in [0.1, 0.15) is 22.4 Å². The second kappa shape index (κ2) is 10.1. The van der Waals surface area contributed by atoms with Gasteiger partial charge in [-0.05, 0) is 29.3 Å². The number of aliphatic hydroxyl groups is 1. The predicted molar refractivity (Wildman–Crippen MR) is 135 cm³/mol. The first kappa shape index (κ1) is 22.9. The summed E-state index contributed by atoms with van der Waals surface area (Å²) >= 11 is 0. The van der Waals surface area contributed by atoms with E-state index < -0.39 is 0 Å². The molecule has 1 aromatic heterocycles. The van der Waals surface area contributed by atoms with Gasteiger partial charge in [-0.3, -0.25) is 0 Å². The monoisotopic (exact) mass is 450 g/mol. The van der Waals surface area contributed by atoms with Crippen LogP contribution >= 0.6 is 0 Å². The van der Waals surface area contributed by atoms with Crippen molar-refractivity contribution in [3.8, 4) is 39.8 Å². The van der Waals surface area contributed by atoms with Crippen LogP contribution in [-0.2, 0) is 13.2 Å². The molecule has 5 nitrogen and oxygen atoms in total. The molecule has 170 valence electrons. The van der Waals surface area contributed by atoms with E-state index in [1.807, 2.05) is 77.5 Å². The molecule has 0 aliphatic carbocycles. The van der Waals surface area contributed by atoms with Gasteiger partial charge < -0.3 is 19.1 Å². The van der Waals surface area contributed by atoms with Gasteiger partial charge in [-0.1, -0.05) is 61.2 Å². The van der Waals surface area contributed by atoms with Gasteiger partial charge in [0.05, 0.1) is 38.5 Å². The van der Waals surface area contributed by atoms with Crippen molar-refractivity contribution < 1.29 is 14.6 Å². The summed E-state index contributed by atoms with van der Waals surface area (Å²) in [7, 11) is 3.23. The number of rotatable bonds is 8. The summed E-state index contributed by atoms with van der Waals surface area (Å²) in [5.74, 6) is 1.25. The summed E-state index contributed by atoms with van der Waals surface area (Å²) in [4.78, 5) is 0. The molecule has 0 aliphatic rings. The van der Waals surface area contributed by atoms with E-state index in [0.29, 0.717) is 23.6 Å². The third-order valence-electron chi connectivity index (χ3n) is 5.96. The molecule has 0 unspecified atom stereocenters. The van der Waals surface area contributed by atoms with E-state index >= 15 is 0 Å². The van der Waals surface area contributed by atoms with E-state index in [1.54, 1.807) is 20.3 Å². The van der Waals surface area contributed by atoms with Crippen molar-refractivity contribution >= 4 is 6.08 Å². The number of nitrogens with zero attached hydrogens (tertiary/aromatic N) is 2. The van der Waals surface area contributed by atoms with Gasteiger partial charge in [0.2, 0.25) is 0 Å². The Morgan fingerprint density at radius 1 is 1.00 bits per heavy atom. The normalized spacial score (nSPS) is 10.5. The van der Waals surface area contributed by atoms with Crippen molar-refractivity contribution in [3.05, 3.63) is 102 Å². The summed E-state index contributed by atoms with van der Waals surface area (Å²) < 4.78 is 13.6.